The third-order valence-corrected chi connectivity index (χ3v) is 4.90. The zero-order chi connectivity index (χ0) is 14.8. The number of carbonyl (C=O) groups is 1. The Morgan fingerprint density at radius 2 is 2.00 bits per heavy atom. The zero-order valence-corrected chi connectivity index (χ0v) is 12.4. The number of nitrogens with one attached hydrogen (secondary N) is 2. The van der Waals surface area contributed by atoms with Crippen molar-refractivity contribution in [3.63, 3.8) is 0 Å². The van der Waals surface area contributed by atoms with Crippen LogP contribution in [-0.2, 0) is 14.8 Å². The van der Waals surface area contributed by atoms with Crippen molar-refractivity contribution in [2.75, 3.05) is 29.3 Å². The van der Waals surface area contributed by atoms with Gasteiger partial charge in [-0.25, -0.2) is 8.42 Å². The SMILES string of the molecule is CC(C)S(=O)(=O)Nc1ccccc1N1CCNC(=O)C1. The van der Waals surface area contributed by atoms with Crippen LogP contribution in [0.5, 0.6) is 0 Å². The minimum atomic E-state index is -3.40. The number of anilines is 2. The lowest BCUT2D eigenvalue weighted by atomic mass is 10.2. The lowest BCUT2D eigenvalue weighted by molar-refractivity contribution is -0.120. The summed E-state index contributed by atoms with van der Waals surface area (Å²) in [5.41, 5.74) is 1.24. The third-order valence-electron chi connectivity index (χ3n) is 3.16. The van der Waals surface area contributed by atoms with Crippen LogP contribution in [0.3, 0.4) is 0 Å². The summed E-state index contributed by atoms with van der Waals surface area (Å²) in [6.07, 6.45) is 0. The van der Waals surface area contributed by atoms with Crippen molar-refractivity contribution in [1.82, 2.24) is 5.32 Å². The molecule has 0 aliphatic carbocycles. The van der Waals surface area contributed by atoms with Crippen LogP contribution in [0, 0.1) is 0 Å². The Hall–Kier alpha value is -1.76. The molecule has 0 saturated carbocycles. The Bertz CT molecular complexity index is 599. The Morgan fingerprint density at radius 3 is 2.65 bits per heavy atom. The van der Waals surface area contributed by atoms with Crippen molar-refractivity contribution >= 4 is 27.3 Å². The highest BCUT2D eigenvalue weighted by Gasteiger charge is 2.22. The van der Waals surface area contributed by atoms with E-state index in [1.165, 1.54) is 0 Å². The van der Waals surface area contributed by atoms with E-state index in [0.29, 0.717) is 18.8 Å². The predicted molar refractivity (Wildman–Crippen MR) is 79.3 cm³/mol. The number of hydrogen-bond donors (Lipinski definition) is 2. The predicted octanol–water partition coefficient (Wildman–Crippen LogP) is 0.773. The normalized spacial score (nSPS) is 16.1. The first kappa shape index (κ1) is 14.6. The summed E-state index contributed by atoms with van der Waals surface area (Å²) in [6.45, 7) is 4.70. The average molecular weight is 297 g/mol. The summed E-state index contributed by atoms with van der Waals surface area (Å²) in [7, 11) is -3.40. The molecular weight excluding hydrogens is 278 g/mol. The second kappa shape index (κ2) is 5.70. The second-order valence-corrected chi connectivity index (χ2v) is 7.22. The van der Waals surface area contributed by atoms with E-state index in [-0.39, 0.29) is 12.5 Å². The van der Waals surface area contributed by atoms with Crippen molar-refractivity contribution in [2.24, 2.45) is 0 Å². The maximum Gasteiger partial charge on any atom is 0.239 e. The van der Waals surface area contributed by atoms with Crippen molar-refractivity contribution in [3.05, 3.63) is 24.3 Å². The van der Waals surface area contributed by atoms with Crippen LogP contribution >= 0.6 is 0 Å². The third kappa shape index (κ3) is 3.22. The van der Waals surface area contributed by atoms with Crippen LogP contribution in [-0.4, -0.2) is 39.2 Å². The first-order chi connectivity index (χ1) is 9.40. The van der Waals surface area contributed by atoms with Gasteiger partial charge in [0.2, 0.25) is 15.9 Å². The van der Waals surface area contributed by atoms with E-state index in [1.54, 1.807) is 26.0 Å². The first-order valence-electron chi connectivity index (χ1n) is 6.52. The fourth-order valence-electron chi connectivity index (χ4n) is 1.95. The molecule has 0 radical (unpaired) electrons. The molecule has 1 heterocycles. The molecule has 1 fully saturated rings. The highest BCUT2D eigenvalue weighted by molar-refractivity contribution is 7.93. The van der Waals surface area contributed by atoms with Gasteiger partial charge in [-0.15, -0.1) is 0 Å². The number of amides is 1. The Morgan fingerprint density at radius 1 is 1.30 bits per heavy atom. The zero-order valence-electron chi connectivity index (χ0n) is 11.6. The fraction of sp³-hybridized carbons (Fsp3) is 0.462. The number of nitrogens with zero attached hydrogens (tertiary/aromatic N) is 1. The van der Waals surface area contributed by atoms with Crippen molar-refractivity contribution in [1.29, 1.82) is 0 Å². The summed E-state index contributed by atoms with van der Waals surface area (Å²) < 4.78 is 26.6. The smallest absolute Gasteiger partial charge is 0.239 e. The van der Waals surface area contributed by atoms with Gasteiger partial charge in [-0.3, -0.25) is 9.52 Å². The van der Waals surface area contributed by atoms with Crippen molar-refractivity contribution in [2.45, 2.75) is 19.1 Å². The Kier molecular flexibility index (Phi) is 4.17. The number of benzene rings is 1. The summed E-state index contributed by atoms with van der Waals surface area (Å²) >= 11 is 0. The molecule has 1 aliphatic rings. The molecule has 1 saturated heterocycles. The van der Waals surface area contributed by atoms with Gasteiger partial charge in [0.1, 0.15) is 0 Å². The molecule has 20 heavy (non-hydrogen) atoms. The maximum absolute atomic E-state index is 12.0. The summed E-state index contributed by atoms with van der Waals surface area (Å²) in [6, 6.07) is 7.12. The van der Waals surface area contributed by atoms with Crippen LogP contribution in [0.1, 0.15) is 13.8 Å². The highest BCUT2D eigenvalue weighted by atomic mass is 32.2. The molecule has 1 amide bonds. The van der Waals surface area contributed by atoms with Crippen LogP contribution in [0.25, 0.3) is 0 Å². The van der Waals surface area contributed by atoms with Crippen LogP contribution in [0.15, 0.2) is 24.3 Å². The number of carbonyl (C=O) groups excluding carboxylic acids is 1. The average Bonchev–Trinajstić information content (AvgIpc) is 2.38. The summed E-state index contributed by atoms with van der Waals surface area (Å²) in [4.78, 5) is 13.3. The number of sulfonamides is 1. The van der Waals surface area contributed by atoms with Gasteiger partial charge in [-0.1, -0.05) is 12.1 Å². The minimum absolute atomic E-state index is 0.0576. The molecule has 110 valence electrons. The molecule has 0 bridgehead atoms. The van der Waals surface area contributed by atoms with Gasteiger partial charge >= 0.3 is 0 Å². The topological polar surface area (TPSA) is 78.5 Å². The monoisotopic (exact) mass is 297 g/mol. The van der Waals surface area contributed by atoms with Crippen LogP contribution < -0.4 is 14.9 Å². The lowest BCUT2D eigenvalue weighted by Crippen LogP contribution is -2.48. The molecule has 0 aromatic heterocycles. The van der Waals surface area contributed by atoms with Crippen LogP contribution in [0.2, 0.25) is 0 Å². The van der Waals surface area contributed by atoms with E-state index in [2.05, 4.69) is 10.0 Å². The summed E-state index contributed by atoms with van der Waals surface area (Å²) in [5.74, 6) is -0.0576. The molecule has 1 aliphatic heterocycles. The van der Waals surface area contributed by atoms with Crippen molar-refractivity contribution in [3.8, 4) is 0 Å². The van der Waals surface area contributed by atoms with E-state index >= 15 is 0 Å². The maximum atomic E-state index is 12.0. The quantitative estimate of drug-likeness (QED) is 0.860. The molecule has 7 heteroatoms. The van der Waals surface area contributed by atoms with E-state index < -0.39 is 15.3 Å². The first-order valence-corrected chi connectivity index (χ1v) is 8.07. The van der Waals surface area contributed by atoms with E-state index in [4.69, 9.17) is 0 Å². The van der Waals surface area contributed by atoms with Crippen molar-refractivity contribution < 1.29 is 13.2 Å². The summed E-state index contributed by atoms with van der Waals surface area (Å²) in [5, 5.41) is 2.23. The van der Waals surface area contributed by atoms with Gasteiger partial charge in [0.15, 0.2) is 0 Å². The standard InChI is InChI=1S/C13H19N3O3S/c1-10(2)20(18,19)15-11-5-3-4-6-12(11)16-8-7-14-13(17)9-16/h3-6,10,15H,7-9H2,1-2H3,(H,14,17). The molecule has 0 spiro atoms. The molecule has 1 aromatic rings. The molecule has 1 aromatic carbocycles. The highest BCUT2D eigenvalue weighted by Crippen LogP contribution is 2.27. The van der Waals surface area contributed by atoms with Gasteiger partial charge in [0.05, 0.1) is 23.2 Å². The van der Waals surface area contributed by atoms with E-state index in [9.17, 15) is 13.2 Å². The second-order valence-electron chi connectivity index (χ2n) is 4.98. The Balaban J connectivity index is 2.29. The van der Waals surface area contributed by atoms with Gasteiger partial charge in [-0.2, -0.15) is 0 Å². The number of para-hydroxylation sites is 2. The van der Waals surface area contributed by atoms with E-state index in [0.717, 1.165) is 5.69 Å². The van der Waals surface area contributed by atoms with Gasteiger partial charge in [-0.05, 0) is 26.0 Å². The van der Waals surface area contributed by atoms with E-state index in [1.807, 2.05) is 17.0 Å². The number of rotatable bonds is 4. The van der Waals surface area contributed by atoms with Crippen LogP contribution in [0.4, 0.5) is 11.4 Å². The lowest BCUT2D eigenvalue weighted by Gasteiger charge is -2.30. The Labute approximate surface area is 119 Å². The fourth-order valence-corrected chi connectivity index (χ4v) is 2.67. The largest absolute Gasteiger partial charge is 0.359 e. The molecule has 0 unspecified atom stereocenters. The molecule has 0 atom stereocenters. The molecule has 2 N–H and O–H groups in total. The molecule has 6 nitrogen and oxygen atoms in total. The van der Waals surface area contributed by atoms with Gasteiger partial charge in [0, 0.05) is 13.1 Å². The van der Waals surface area contributed by atoms with Gasteiger partial charge in [0.25, 0.3) is 0 Å². The molecular formula is C13H19N3O3S. The number of hydrogen-bond acceptors (Lipinski definition) is 4. The minimum Gasteiger partial charge on any atom is -0.359 e. The number of piperazine rings is 1. The van der Waals surface area contributed by atoms with Gasteiger partial charge < -0.3 is 10.2 Å². The molecule has 2 rings (SSSR count).